The lowest BCUT2D eigenvalue weighted by atomic mass is 9.98. The van der Waals surface area contributed by atoms with E-state index in [2.05, 4.69) is 20.3 Å². The Hall–Kier alpha value is -2.87. The number of pyridine rings is 1. The Morgan fingerprint density at radius 1 is 1.14 bits per heavy atom. The molecule has 29 heavy (non-hydrogen) atoms. The molecule has 0 spiro atoms. The van der Waals surface area contributed by atoms with Gasteiger partial charge in [-0.3, -0.25) is 9.97 Å². The number of anilines is 1. The Bertz CT molecular complexity index is 1060. The van der Waals surface area contributed by atoms with Gasteiger partial charge in [0.2, 0.25) is 0 Å². The van der Waals surface area contributed by atoms with Crippen LogP contribution < -0.4 is 10.2 Å². The minimum atomic E-state index is -2.64. The predicted molar refractivity (Wildman–Crippen MR) is 106 cm³/mol. The van der Waals surface area contributed by atoms with E-state index in [1.54, 1.807) is 30.9 Å². The first-order chi connectivity index (χ1) is 13.9. The van der Waals surface area contributed by atoms with Crippen LogP contribution in [0, 0.1) is 0 Å². The second kappa shape index (κ2) is 6.59. The van der Waals surface area contributed by atoms with Crippen molar-refractivity contribution in [3.8, 4) is 17.0 Å². The maximum atomic E-state index is 14.0. The summed E-state index contributed by atoms with van der Waals surface area (Å²) in [5.74, 6) is -1.90. The standard InChI is InChI=1S/C21H21F2N5O/c1-28(15-6-14-8-21(22,23)19(7-15)27-14)20-11-25-17(10-26-20)16-4-12-2-3-24-9-13(12)5-18(16)29/h2-5,9-11,14-15,19,27,29H,6-8H2,1H3/t14-,15+,19+/m0/s1. The molecule has 3 aromatic rings. The summed E-state index contributed by atoms with van der Waals surface area (Å²) in [5.41, 5.74) is 1.14. The van der Waals surface area contributed by atoms with E-state index in [1.165, 1.54) is 0 Å². The largest absolute Gasteiger partial charge is 0.507 e. The van der Waals surface area contributed by atoms with Crippen molar-refractivity contribution in [2.24, 2.45) is 0 Å². The number of nitrogens with zero attached hydrogens (tertiary/aromatic N) is 4. The van der Waals surface area contributed by atoms with Crippen molar-refractivity contribution in [1.29, 1.82) is 0 Å². The highest BCUT2D eigenvalue weighted by atomic mass is 19.3. The van der Waals surface area contributed by atoms with Gasteiger partial charge < -0.3 is 15.3 Å². The van der Waals surface area contributed by atoms with Crippen molar-refractivity contribution in [2.45, 2.75) is 43.3 Å². The van der Waals surface area contributed by atoms with Crippen molar-refractivity contribution in [3.05, 3.63) is 43.0 Å². The van der Waals surface area contributed by atoms with Crippen LogP contribution in [0.25, 0.3) is 22.0 Å². The third-order valence-electron chi connectivity index (χ3n) is 6.11. The molecule has 2 aromatic heterocycles. The van der Waals surface area contributed by atoms with Gasteiger partial charge in [0.1, 0.15) is 11.6 Å². The number of aromatic nitrogens is 3. The predicted octanol–water partition coefficient (Wildman–Crippen LogP) is 3.36. The van der Waals surface area contributed by atoms with Gasteiger partial charge in [-0.05, 0) is 36.4 Å². The molecule has 0 amide bonds. The Labute approximate surface area is 166 Å². The molecule has 2 bridgehead atoms. The summed E-state index contributed by atoms with van der Waals surface area (Å²) in [4.78, 5) is 15.0. The quantitative estimate of drug-likeness (QED) is 0.706. The van der Waals surface area contributed by atoms with Crippen molar-refractivity contribution in [3.63, 3.8) is 0 Å². The van der Waals surface area contributed by atoms with Gasteiger partial charge in [-0.2, -0.15) is 0 Å². The van der Waals surface area contributed by atoms with Crippen LogP contribution in [-0.4, -0.2) is 51.2 Å². The molecule has 2 aliphatic rings. The number of halogens is 2. The lowest BCUT2D eigenvalue weighted by Crippen LogP contribution is -2.49. The molecule has 0 saturated carbocycles. The van der Waals surface area contributed by atoms with E-state index in [4.69, 9.17) is 0 Å². The number of piperidine rings is 1. The summed E-state index contributed by atoms with van der Waals surface area (Å²) in [6.45, 7) is 0. The fraction of sp³-hybridized carbons (Fsp3) is 0.381. The van der Waals surface area contributed by atoms with E-state index < -0.39 is 12.0 Å². The van der Waals surface area contributed by atoms with Gasteiger partial charge in [0, 0.05) is 48.9 Å². The molecule has 1 aromatic carbocycles. The maximum absolute atomic E-state index is 14.0. The zero-order valence-electron chi connectivity index (χ0n) is 15.9. The van der Waals surface area contributed by atoms with Crippen molar-refractivity contribution in [2.75, 3.05) is 11.9 Å². The zero-order chi connectivity index (χ0) is 20.2. The fourth-order valence-electron chi connectivity index (χ4n) is 4.50. The fourth-order valence-corrected chi connectivity index (χ4v) is 4.50. The maximum Gasteiger partial charge on any atom is 0.264 e. The molecule has 8 heteroatoms. The molecule has 2 aliphatic heterocycles. The summed E-state index contributed by atoms with van der Waals surface area (Å²) in [5, 5.41) is 15.2. The van der Waals surface area contributed by atoms with Gasteiger partial charge in [-0.25, -0.2) is 13.8 Å². The van der Waals surface area contributed by atoms with Gasteiger partial charge >= 0.3 is 0 Å². The van der Waals surface area contributed by atoms with Crippen LogP contribution in [0.1, 0.15) is 19.3 Å². The summed E-state index contributed by atoms with van der Waals surface area (Å²) in [6, 6.07) is 4.44. The van der Waals surface area contributed by atoms with E-state index in [0.29, 0.717) is 29.9 Å². The third-order valence-corrected chi connectivity index (χ3v) is 6.11. The van der Waals surface area contributed by atoms with E-state index in [-0.39, 0.29) is 24.3 Å². The molecular formula is C21H21F2N5O. The number of phenolic OH excluding ortho intramolecular Hbond substituents is 1. The normalized spacial score (nSPS) is 25.3. The van der Waals surface area contributed by atoms with Crippen LogP contribution in [-0.2, 0) is 0 Å². The Balaban J connectivity index is 1.39. The number of phenols is 1. The summed E-state index contributed by atoms with van der Waals surface area (Å²) in [7, 11) is 1.87. The number of rotatable bonds is 3. The van der Waals surface area contributed by atoms with Gasteiger partial charge in [0.05, 0.1) is 24.1 Å². The van der Waals surface area contributed by atoms with Crippen LogP contribution in [0.2, 0.25) is 0 Å². The molecule has 0 aliphatic carbocycles. The lowest BCUT2D eigenvalue weighted by molar-refractivity contribution is -0.0128. The first-order valence-electron chi connectivity index (χ1n) is 9.66. The van der Waals surface area contributed by atoms with Crippen molar-refractivity contribution < 1.29 is 13.9 Å². The van der Waals surface area contributed by atoms with E-state index >= 15 is 0 Å². The number of aromatic hydroxyl groups is 1. The third kappa shape index (κ3) is 3.17. The number of benzene rings is 1. The van der Waals surface area contributed by atoms with Crippen LogP contribution in [0.4, 0.5) is 14.6 Å². The summed E-state index contributed by atoms with van der Waals surface area (Å²) < 4.78 is 28.0. The average Bonchev–Trinajstić information content (AvgIpc) is 2.93. The molecule has 5 rings (SSSR count). The molecule has 2 saturated heterocycles. The Kier molecular flexibility index (Phi) is 4.13. The molecule has 6 nitrogen and oxygen atoms in total. The van der Waals surface area contributed by atoms with Crippen LogP contribution in [0.3, 0.4) is 0 Å². The highest BCUT2D eigenvalue weighted by Crippen LogP contribution is 2.40. The number of fused-ring (bicyclic) bond motifs is 3. The summed E-state index contributed by atoms with van der Waals surface area (Å²) >= 11 is 0. The molecule has 0 radical (unpaired) electrons. The van der Waals surface area contributed by atoms with Crippen LogP contribution in [0.5, 0.6) is 5.75 Å². The Morgan fingerprint density at radius 2 is 2.00 bits per heavy atom. The molecule has 3 atom stereocenters. The Morgan fingerprint density at radius 3 is 2.76 bits per heavy atom. The molecule has 2 N–H and O–H groups in total. The second-order valence-electron chi connectivity index (χ2n) is 7.97. The van der Waals surface area contributed by atoms with Gasteiger partial charge in [-0.1, -0.05) is 0 Å². The van der Waals surface area contributed by atoms with E-state index in [0.717, 1.165) is 10.8 Å². The first kappa shape index (κ1) is 18.2. The van der Waals surface area contributed by atoms with Gasteiger partial charge in [0.15, 0.2) is 0 Å². The molecule has 2 fully saturated rings. The van der Waals surface area contributed by atoms with Gasteiger partial charge in [-0.15, -0.1) is 0 Å². The zero-order valence-corrected chi connectivity index (χ0v) is 15.9. The number of hydrogen-bond acceptors (Lipinski definition) is 6. The molecular weight excluding hydrogens is 376 g/mol. The van der Waals surface area contributed by atoms with Crippen molar-refractivity contribution in [1.82, 2.24) is 20.3 Å². The van der Waals surface area contributed by atoms with E-state index in [9.17, 15) is 13.9 Å². The molecule has 4 heterocycles. The number of nitrogens with one attached hydrogen (secondary N) is 1. The van der Waals surface area contributed by atoms with Crippen molar-refractivity contribution >= 4 is 16.6 Å². The number of hydrogen-bond donors (Lipinski definition) is 2. The highest BCUT2D eigenvalue weighted by molar-refractivity contribution is 5.89. The second-order valence-corrected chi connectivity index (χ2v) is 7.97. The SMILES string of the molecule is CN(c1cnc(-c2cc3ccncc3cc2O)cn1)[C@@H]1C[C@H]2CC(F)(F)[C@@H](C1)N2. The number of alkyl halides is 2. The molecule has 0 unspecified atom stereocenters. The van der Waals surface area contributed by atoms with Crippen LogP contribution in [0.15, 0.2) is 43.0 Å². The van der Waals surface area contributed by atoms with Crippen LogP contribution >= 0.6 is 0 Å². The minimum Gasteiger partial charge on any atom is -0.507 e. The molecule has 150 valence electrons. The lowest BCUT2D eigenvalue weighted by Gasteiger charge is -2.36. The monoisotopic (exact) mass is 397 g/mol. The highest BCUT2D eigenvalue weighted by Gasteiger charge is 2.53. The minimum absolute atomic E-state index is 0.0126. The topological polar surface area (TPSA) is 74.2 Å². The average molecular weight is 397 g/mol. The van der Waals surface area contributed by atoms with Gasteiger partial charge in [0.25, 0.3) is 5.92 Å². The first-order valence-corrected chi connectivity index (χ1v) is 9.66. The van der Waals surface area contributed by atoms with E-state index in [1.807, 2.05) is 24.1 Å². The smallest absolute Gasteiger partial charge is 0.264 e. The summed E-state index contributed by atoms with van der Waals surface area (Å²) in [6.07, 6.45) is 7.57.